The molecule has 0 aliphatic heterocycles. The summed E-state index contributed by atoms with van der Waals surface area (Å²) in [5.74, 6) is -0.418. The van der Waals surface area contributed by atoms with E-state index in [1.54, 1.807) is 59.3 Å². The molecule has 1 aromatic heterocycles. The predicted octanol–water partition coefficient (Wildman–Crippen LogP) is 4.25. The fourth-order valence-electron chi connectivity index (χ4n) is 2.06. The number of rotatable bonds is 4. The first-order valence-corrected chi connectivity index (χ1v) is 7.97. The Morgan fingerprint density at radius 2 is 1.04 bits per heavy atom. The third-order valence-corrected chi connectivity index (χ3v) is 3.97. The lowest BCUT2D eigenvalue weighted by atomic mass is 10.2. The van der Waals surface area contributed by atoms with Gasteiger partial charge in [-0.1, -0.05) is 36.4 Å². The molecule has 5 heteroatoms. The number of hydrogen-bond acceptors (Lipinski definition) is 3. The van der Waals surface area contributed by atoms with Crippen molar-refractivity contribution < 1.29 is 9.59 Å². The van der Waals surface area contributed by atoms with Crippen LogP contribution in [-0.4, -0.2) is 11.8 Å². The van der Waals surface area contributed by atoms with Gasteiger partial charge in [0.2, 0.25) is 0 Å². The lowest BCUT2D eigenvalue weighted by molar-refractivity contribution is 0.101. The molecule has 0 bridgehead atoms. The maximum atomic E-state index is 12.2. The third-order valence-electron chi connectivity index (χ3n) is 3.23. The van der Waals surface area contributed by atoms with Gasteiger partial charge in [0.05, 0.1) is 11.4 Å². The number of nitrogens with one attached hydrogen (secondary N) is 2. The molecule has 2 amide bonds. The highest BCUT2D eigenvalue weighted by Crippen LogP contribution is 2.27. The van der Waals surface area contributed by atoms with Crippen LogP contribution in [0.3, 0.4) is 0 Å². The van der Waals surface area contributed by atoms with Crippen LogP contribution >= 0.6 is 11.3 Å². The number of thiophene rings is 1. The van der Waals surface area contributed by atoms with Crippen molar-refractivity contribution in [2.24, 2.45) is 0 Å². The van der Waals surface area contributed by atoms with Crippen molar-refractivity contribution in [1.29, 1.82) is 0 Å². The van der Waals surface area contributed by atoms with E-state index >= 15 is 0 Å². The zero-order valence-corrected chi connectivity index (χ0v) is 13.0. The zero-order chi connectivity index (χ0) is 16.1. The minimum Gasteiger partial charge on any atom is -0.319 e. The van der Waals surface area contributed by atoms with Crippen LogP contribution in [0.25, 0.3) is 0 Å². The number of carbonyl (C=O) groups excluding carboxylic acids is 2. The van der Waals surface area contributed by atoms with E-state index in [1.165, 1.54) is 11.3 Å². The Labute approximate surface area is 137 Å². The zero-order valence-electron chi connectivity index (χ0n) is 12.2. The molecule has 0 saturated carbocycles. The molecule has 2 N–H and O–H groups in total. The summed E-state index contributed by atoms with van der Waals surface area (Å²) < 4.78 is 0. The highest BCUT2D eigenvalue weighted by atomic mass is 32.1. The van der Waals surface area contributed by atoms with E-state index in [0.29, 0.717) is 22.5 Å². The SMILES string of the molecule is O=C(Nc1cscc1NC(=O)c1ccccc1)c1ccccc1. The Balaban J connectivity index is 1.73. The summed E-state index contributed by atoms with van der Waals surface area (Å²) in [6.45, 7) is 0. The summed E-state index contributed by atoms with van der Waals surface area (Å²) in [5, 5.41) is 9.23. The molecule has 3 rings (SSSR count). The molecule has 0 atom stereocenters. The van der Waals surface area contributed by atoms with Crippen molar-refractivity contribution in [3.63, 3.8) is 0 Å². The van der Waals surface area contributed by atoms with Gasteiger partial charge in [-0.3, -0.25) is 9.59 Å². The number of benzene rings is 2. The Kier molecular flexibility index (Phi) is 4.49. The Morgan fingerprint density at radius 1 is 0.652 bits per heavy atom. The summed E-state index contributed by atoms with van der Waals surface area (Å²) in [5.41, 5.74) is 2.32. The second kappa shape index (κ2) is 6.89. The number of hydrogen-bond donors (Lipinski definition) is 2. The lowest BCUT2D eigenvalue weighted by Crippen LogP contribution is -2.15. The molecule has 114 valence electrons. The molecule has 0 fully saturated rings. The average Bonchev–Trinajstić information content (AvgIpc) is 3.03. The average molecular weight is 322 g/mol. The molecular weight excluding hydrogens is 308 g/mol. The van der Waals surface area contributed by atoms with Crippen LogP contribution in [0.15, 0.2) is 71.4 Å². The fraction of sp³-hybridized carbons (Fsp3) is 0. The van der Waals surface area contributed by atoms with Gasteiger partial charge in [0.25, 0.3) is 11.8 Å². The number of amides is 2. The highest BCUT2D eigenvalue weighted by Gasteiger charge is 2.12. The summed E-state index contributed by atoms with van der Waals surface area (Å²) in [6, 6.07) is 17.9. The van der Waals surface area contributed by atoms with E-state index in [9.17, 15) is 9.59 Å². The molecule has 0 aliphatic rings. The summed E-state index contributed by atoms with van der Waals surface area (Å²) in [4.78, 5) is 24.4. The van der Waals surface area contributed by atoms with Gasteiger partial charge >= 0.3 is 0 Å². The van der Waals surface area contributed by atoms with Gasteiger partial charge in [0.15, 0.2) is 0 Å². The molecule has 4 nitrogen and oxygen atoms in total. The maximum Gasteiger partial charge on any atom is 0.255 e. The smallest absolute Gasteiger partial charge is 0.255 e. The Bertz CT molecular complexity index is 745. The van der Waals surface area contributed by atoms with Crippen LogP contribution in [0.2, 0.25) is 0 Å². The van der Waals surface area contributed by atoms with E-state index < -0.39 is 0 Å². The van der Waals surface area contributed by atoms with E-state index in [4.69, 9.17) is 0 Å². The van der Waals surface area contributed by atoms with Gasteiger partial charge in [-0.15, -0.1) is 11.3 Å². The first kappa shape index (κ1) is 15.0. The largest absolute Gasteiger partial charge is 0.319 e. The van der Waals surface area contributed by atoms with E-state index in [0.717, 1.165) is 0 Å². The normalized spacial score (nSPS) is 10.1. The van der Waals surface area contributed by atoms with E-state index in [1.807, 2.05) is 12.1 Å². The van der Waals surface area contributed by atoms with Crippen molar-refractivity contribution in [3.8, 4) is 0 Å². The Morgan fingerprint density at radius 3 is 1.43 bits per heavy atom. The molecule has 2 aromatic carbocycles. The van der Waals surface area contributed by atoms with Crippen LogP contribution in [-0.2, 0) is 0 Å². The van der Waals surface area contributed by atoms with Gasteiger partial charge in [-0.05, 0) is 24.3 Å². The van der Waals surface area contributed by atoms with Crippen LogP contribution < -0.4 is 10.6 Å². The molecule has 0 spiro atoms. The monoisotopic (exact) mass is 322 g/mol. The summed E-state index contributed by atoms with van der Waals surface area (Å²) in [7, 11) is 0. The predicted molar refractivity (Wildman–Crippen MR) is 93.1 cm³/mol. The first-order chi connectivity index (χ1) is 11.2. The van der Waals surface area contributed by atoms with Crippen molar-refractivity contribution >= 4 is 34.5 Å². The van der Waals surface area contributed by atoms with Crippen LogP contribution in [0.4, 0.5) is 11.4 Å². The number of carbonyl (C=O) groups is 2. The second-order valence-corrected chi connectivity index (χ2v) is 5.58. The van der Waals surface area contributed by atoms with Crippen LogP contribution in [0.5, 0.6) is 0 Å². The molecule has 1 heterocycles. The molecule has 0 saturated heterocycles. The minimum atomic E-state index is -0.209. The third kappa shape index (κ3) is 3.64. The fourth-order valence-corrected chi connectivity index (χ4v) is 2.77. The van der Waals surface area contributed by atoms with Gasteiger partial charge in [0.1, 0.15) is 0 Å². The summed E-state index contributed by atoms with van der Waals surface area (Å²) in [6.07, 6.45) is 0. The van der Waals surface area contributed by atoms with Crippen LogP contribution in [0, 0.1) is 0 Å². The molecule has 3 aromatic rings. The standard InChI is InChI=1S/C18H14N2O2S/c21-17(13-7-3-1-4-8-13)19-15-11-23-12-16(15)20-18(22)14-9-5-2-6-10-14/h1-12H,(H,19,21)(H,20,22). The van der Waals surface area contributed by atoms with Crippen molar-refractivity contribution in [2.45, 2.75) is 0 Å². The Hall–Kier alpha value is -2.92. The van der Waals surface area contributed by atoms with Gasteiger partial charge in [-0.25, -0.2) is 0 Å². The number of anilines is 2. The topological polar surface area (TPSA) is 58.2 Å². The molecule has 0 unspecified atom stereocenters. The van der Waals surface area contributed by atoms with E-state index in [-0.39, 0.29) is 11.8 Å². The maximum absolute atomic E-state index is 12.2. The van der Waals surface area contributed by atoms with Crippen molar-refractivity contribution in [1.82, 2.24) is 0 Å². The van der Waals surface area contributed by atoms with Crippen LogP contribution in [0.1, 0.15) is 20.7 Å². The van der Waals surface area contributed by atoms with Gasteiger partial charge in [0, 0.05) is 21.9 Å². The quantitative estimate of drug-likeness (QED) is 0.754. The minimum absolute atomic E-state index is 0.209. The van der Waals surface area contributed by atoms with Gasteiger partial charge in [-0.2, -0.15) is 0 Å². The van der Waals surface area contributed by atoms with Crippen molar-refractivity contribution in [3.05, 3.63) is 82.6 Å². The molecule has 0 radical (unpaired) electrons. The summed E-state index contributed by atoms with van der Waals surface area (Å²) >= 11 is 1.41. The lowest BCUT2D eigenvalue weighted by Gasteiger charge is -2.08. The van der Waals surface area contributed by atoms with Gasteiger partial charge < -0.3 is 10.6 Å². The second-order valence-electron chi connectivity index (χ2n) is 4.84. The molecular formula is C18H14N2O2S. The molecule has 23 heavy (non-hydrogen) atoms. The van der Waals surface area contributed by atoms with E-state index in [2.05, 4.69) is 10.6 Å². The highest BCUT2D eigenvalue weighted by molar-refractivity contribution is 7.09. The first-order valence-electron chi connectivity index (χ1n) is 7.03. The van der Waals surface area contributed by atoms with Crippen molar-refractivity contribution in [2.75, 3.05) is 10.6 Å². The molecule has 0 aliphatic carbocycles.